The molecule has 3 aromatic rings. The maximum Gasteiger partial charge on any atom is 0.262 e. The van der Waals surface area contributed by atoms with E-state index in [9.17, 15) is 20.1 Å². The van der Waals surface area contributed by atoms with Crippen LogP contribution in [0.15, 0.2) is 71.8 Å². The average molecular weight is 584 g/mol. The number of hydrogen-bond donors (Lipinski definition) is 2. The van der Waals surface area contributed by atoms with Crippen molar-refractivity contribution < 1.29 is 9.59 Å². The van der Waals surface area contributed by atoms with Crippen molar-refractivity contribution in [3.8, 4) is 12.1 Å². The van der Waals surface area contributed by atoms with E-state index in [4.69, 9.17) is 46.4 Å². The minimum Gasteiger partial charge on any atom is -0.347 e. The number of nitriles is 2. The predicted molar refractivity (Wildman–Crippen MR) is 150 cm³/mol. The lowest BCUT2D eigenvalue weighted by molar-refractivity contribution is -0.118. The van der Waals surface area contributed by atoms with Crippen molar-refractivity contribution in [3.05, 3.63) is 114 Å². The van der Waals surface area contributed by atoms with Gasteiger partial charge in [0.05, 0.1) is 20.1 Å². The number of carbonyl (C=O) groups excluding carboxylic acids is 2. The molecule has 0 aromatic heterocycles. The van der Waals surface area contributed by atoms with Gasteiger partial charge in [-0.3, -0.25) is 9.59 Å². The molecule has 6 nitrogen and oxygen atoms in total. The molecule has 0 spiro atoms. The molecule has 0 saturated heterocycles. The summed E-state index contributed by atoms with van der Waals surface area (Å²) in [6.07, 6.45) is 2.84. The molecule has 3 rings (SSSR count). The Balaban J connectivity index is 1.61. The van der Waals surface area contributed by atoms with Gasteiger partial charge in [0.15, 0.2) is 0 Å². The highest BCUT2D eigenvalue weighted by Crippen LogP contribution is 2.24. The fraction of sp³-hybridized carbons (Fsp3) is 0.0714. The van der Waals surface area contributed by atoms with E-state index in [0.29, 0.717) is 31.2 Å². The minimum atomic E-state index is -0.552. The Kier molecular flexibility index (Phi) is 10.4. The molecule has 0 radical (unpaired) electrons. The second kappa shape index (κ2) is 13.7. The fourth-order valence-electron chi connectivity index (χ4n) is 3.24. The molecule has 2 amide bonds. The van der Waals surface area contributed by atoms with E-state index in [1.807, 2.05) is 12.1 Å². The van der Waals surface area contributed by atoms with E-state index in [1.54, 1.807) is 60.7 Å². The average Bonchev–Trinajstić information content (AvgIpc) is 2.91. The van der Waals surface area contributed by atoms with Crippen molar-refractivity contribution in [1.82, 2.24) is 10.6 Å². The van der Waals surface area contributed by atoms with Crippen molar-refractivity contribution in [3.63, 3.8) is 0 Å². The first kappa shape index (κ1) is 28.8. The van der Waals surface area contributed by atoms with Crippen molar-refractivity contribution in [2.24, 2.45) is 0 Å². The molecule has 190 valence electrons. The number of amides is 2. The highest BCUT2D eigenvalue weighted by atomic mass is 35.5. The lowest BCUT2D eigenvalue weighted by atomic mass is 10.1. The standard InChI is InChI=1S/C28H18Cl4N4O2/c29-23-6-4-17(11-25(23)31)9-21(13-33)27(37)35-15-19-2-1-3-20(8-19)16-36-28(38)22(14-34)10-18-5-7-24(30)26(32)12-18/h1-12H,15-16H2,(H,35,37)(H,36,38)/b21-9-,22-10-. The van der Waals surface area contributed by atoms with E-state index in [1.165, 1.54) is 12.2 Å². The first-order valence-corrected chi connectivity index (χ1v) is 12.5. The number of nitrogens with zero attached hydrogens (tertiary/aromatic N) is 2. The zero-order valence-electron chi connectivity index (χ0n) is 19.6. The Labute approximate surface area is 239 Å². The van der Waals surface area contributed by atoms with Gasteiger partial charge in [0, 0.05) is 13.1 Å². The number of hydrogen-bond acceptors (Lipinski definition) is 4. The van der Waals surface area contributed by atoms with Crippen molar-refractivity contribution in [2.45, 2.75) is 13.1 Å². The molecule has 0 aliphatic rings. The van der Waals surface area contributed by atoms with Crippen LogP contribution in [-0.2, 0) is 22.7 Å². The normalized spacial score (nSPS) is 11.3. The molecule has 3 aromatic carbocycles. The van der Waals surface area contributed by atoms with Crippen LogP contribution in [0.3, 0.4) is 0 Å². The molecular formula is C28H18Cl4N4O2. The third-order valence-corrected chi connectivity index (χ3v) is 6.62. The van der Waals surface area contributed by atoms with Crippen molar-refractivity contribution in [1.29, 1.82) is 10.5 Å². The number of nitrogens with one attached hydrogen (secondary N) is 2. The van der Waals surface area contributed by atoms with Crippen LogP contribution in [0.25, 0.3) is 12.2 Å². The molecule has 0 aliphatic carbocycles. The van der Waals surface area contributed by atoms with E-state index in [2.05, 4.69) is 10.6 Å². The third kappa shape index (κ3) is 8.11. The Morgan fingerprint density at radius 3 is 1.45 bits per heavy atom. The van der Waals surface area contributed by atoms with Gasteiger partial charge >= 0.3 is 0 Å². The Hall–Kier alpha value is -3.78. The van der Waals surface area contributed by atoms with Crippen LogP contribution in [0.2, 0.25) is 20.1 Å². The van der Waals surface area contributed by atoms with Crippen LogP contribution in [0.1, 0.15) is 22.3 Å². The van der Waals surface area contributed by atoms with Crippen molar-refractivity contribution in [2.75, 3.05) is 0 Å². The monoisotopic (exact) mass is 582 g/mol. The maximum atomic E-state index is 12.5. The van der Waals surface area contributed by atoms with Crippen LogP contribution in [0.5, 0.6) is 0 Å². The number of halogens is 4. The number of carbonyl (C=O) groups is 2. The largest absolute Gasteiger partial charge is 0.347 e. The van der Waals surface area contributed by atoms with Gasteiger partial charge in [0.2, 0.25) is 0 Å². The van der Waals surface area contributed by atoms with E-state index in [-0.39, 0.29) is 24.2 Å². The zero-order chi connectivity index (χ0) is 27.7. The second-order valence-corrected chi connectivity index (χ2v) is 9.50. The molecule has 10 heteroatoms. The molecule has 0 atom stereocenters. The molecule has 0 bridgehead atoms. The third-order valence-electron chi connectivity index (χ3n) is 5.14. The highest BCUT2D eigenvalue weighted by Gasteiger charge is 2.12. The van der Waals surface area contributed by atoms with Gasteiger partial charge in [-0.1, -0.05) is 82.8 Å². The molecule has 0 unspecified atom stereocenters. The summed E-state index contributed by atoms with van der Waals surface area (Å²) in [7, 11) is 0. The second-order valence-electron chi connectivity index (χ2n) is 7.87. The smallest absolute Gasteiger partial charge is 0.262 e. The van der Waals surface area contributed by atoms with Crippen LogP contribution in [-0.4, -0.2) is 11.8 Å². The fourth-order valence-corrected chi connectivity index (χ4v) is 3.85. The molecule has 38 heavy (non-hydrogen) atoms. The lowest BCUT2D eigenvalue weighted by Gasteiger charge is -2.09. The Bertz CT molecular complexity index is 1420. The van der Waals surface area contributed by atoms with Crippen LogP contribution in [0, 0.1) is 22.7 Å². The van der Waals surface area contributed by atoms with Crippen LogP contribution < -0.4 is 10.6 Å². The highest BCUT2D eigenvalue weighted by molar-refractivity contribution is 6.42. The van der Waals surface area contributed by atoms with Crippen LogP contribution >= 0.6 is 46.4 Å². The van der Waals surface area contributed by atoms with Gasteiger partial charge in [0.1, 0.15) is 23.3 Å². The zero-order valence-corrected chi connectivity index (χ0v) is 22.6. The van der Waals surface area contributed by atoms with Gasteiger partial charge in [-0.25, -0.2) is 0 Å². The van der Waals surface area contributed by atoms with Crippen molar-refractivity contribution >= 4 is 70.4 Å². The number of benzene rings is 3. The van der Waals surface area contributed by atoms with Gasteiger partial charge in [-0.05, 0) is 58.7 Å². The molecule has 0 aliphatic heterocycles. The summed E-state index contributed by atoms with van der Waals surface area (Å²) < 4.78 is 0. The van der Waals surface area contributed by atoms with E-state index in [0.717, 1.165) is 11.1 Å². The van der Waals surface area contributed by atoms with Gasteiger partial charge in [-0.2, -0.15) is 10.5 Å². The topological polar surface area (TPSA) is 106 Å². The minimum absolute atomic E-state index is 0.0930. The first-order valence-electron chi connectivity index (χ1n) is 11.0. The maximum absolute atomic E-state index is 12.5. The predicted octanol–water partition coefficient (Wildman–Crippen LogP) is 6.75. The van der Waals surface area contributed by atoms with Crippen LogP contribution in [0.4, 0.5) is 0 Å². The SMILES string of the molecule is N#C/C(=C/c1ccc(Cl)c(Cl)c1)C(=O)NCc1cccc(CNC(=O)/C(C#N)=C\c2ccc(Cl)c(Cl)c2)c1. The van der Waals surface area contributed by atoms with Gasteiger partial charge in [-0.15, -0.1) is 0 Å². The summed E-state index contributed by atoms with van der Waals surface area (Å²) in [6, 6.07) is 20.5. The molecule has 2 N–H and O–H groups in total. The summed E-state index contributed by atoms with van der Waals surface area (Å²) in [6.45, 7) is 0.309. The number of rotatable bonds is 8. The first-order chi connectivity index (χ1) is 18.2. The summed E-state index contributed by atoms with van der Waals surface area (Å²) in [4.78, 5) is 25.1. The Morgan fingerprint density at radius 1 is 0.658 bits per heavy atom. The Morgan fingerprint density at radius 2 is 1.08 bits per heavy atom. The summed E-state index contributed by atoms with van der Waals surface area (Å²) in [5.74, 6) is -1.10. The molecular weight excluding hydrogens is 566 g/mol. The van der Waals surface area contributed by atoms with Gasteiger partial charge in [0.25, 0.3) is 11.8 Å². The van der Waals surface area contributed by atoms with E-state index < -0.39 is 11.8 Å². The molecule has 0 heterocycles. The molecule has 0 fully saturated rings. The quantitative estimate of drug-likeness (QED) is 0.226. The van der Waals surface area contributed by atoms with Gasteiger partial charge < -0.3 is 10.6 Å². The van der Waals surface area contributed by atoms with E-state index >= 15 is 0 Å². The molecule has 0 saturated carbocycles. The summed E-state index contributed by atoms with van der Waals surface area (Å²) >= 11 is 23.8. The summed E-state index contributed by atoms with van der Waals surface area (Å²) in [5, 5.41) is 25.6. The lowest BCUT2D eigenvalue weighted by Crippen LogP contribution is -2.25. The summed E-state index contributed by atoms with van der Waals surface area (Å²) in [5.41, 5.74) is 2.45.